The van der Waals surface area contributed by atoms with Gasteiger partial charge < -0.3 is 10.4 Å². The number of aryl methyl sites for hydroxylation is 1. The molecule has 2 N–H and O–H groups in total. The first kappa shape index (κ1) is 16.0. The molecule has 0 radical (unpaired) electrons. The van der Waals surface area contributed by atoms with Crippen LogP contribution >= 0.6 is 15.9 Å². The smallest absolute Gasteiger partial charge is 0.308 e. The summed E-state index contributed by atoms with van der Waals surface area (Å²) in [6, 6.07) is 5.20. The van der Waals surface area contributed by atoms with Gasteiger partial charge in [0.1, 0.15) is 0 Å². The lowest BCUT2D eigenvalue weighted by molar-refractivity contribution is -0.142. The molecule has 1 aliphatic rings. The third kappa shape index (κ3) is 4.06. The van der Waals surface area contributed by atoms with Gasteiger partial charge in [0, 0.05) is 16.1 Å². The van der Waals surface area contributed by atoms with Crippen molar-refractivity contribution >= 4 is 27.8 Å². The van der Waals surface area contributed by atoms with E-state index in [1.54, 1.807) is 6.07 Å². The minimum atomic E-state index is -0.810. The molecular weight excluding hydrogens is 334 g/mol. The number of nitrogens with one attached hydrogen (secondary N) is 1. The fourth-order valence-corrected chi connectivity index (χ4v) is 3.38. The fraction of sp³-hybridized carbons (Fsp3) is 0.500. The molecule has 1 aliphatic carbocycles. The first-order chi connectivity index (χ1) is 9.99. The summed E-state index contributed by atoms with van der Waals surface area (Å²) in [6.45, 7) is 1.88. The Hall–Kier alpha value is -1.36. The van der Waals surface area contributed by atoms with Gasteiger partial charge in [-0.05, 0) is 43.5 Å². The first-order valence-corrected chi connectivity index (χ1v) is 8.08. The number of rotatable bonds is 3. The largest absolute Gasteiger partial charge is 0.481 e. The van der Waals surface area contributed by atoms with Gasteiger partial charge >= 0.3 is 5.97 Å². The van der Waals surface area contributed by atoms with Crippen LogP contribution < -0.4 is 5.32 Å². The Bertz CT molecular complexity index is 544. The summed E-state index contributed by atoms with van der Waals surface area (Å²) in [5, 5.41) is 12.3. The predicted molar refractivity (Wildman–Crippen MR) is 84.3 cm³/mol. The topological polar surface area (TPSA) is 66.4 Å². The number of carbonyl (C=O) groups is 2. The second-order valence-electron chi connectivity index (χ2n) is 5.62. The van der Waals surface area contributed by atoms with Gasteiger partial charge in [0.05, 0.1) is 5.92 Å². The minimum Gasteiger partial charge on any atom is -0.481 e. The number of amides is 1. The van der Waals surface area contributed by atoms with Gasteiger partial charge in [0.25, 0.3) is 5.91 Å². The van der Waals surface area contributed by atoms with E-state index in [9.17, 15) is 14.7 Å². The fourth-order valence-electron chi connectivity index (χ4n) is 2.90. The van der Waals surface area contributed by atoms with E-state index in [-0.39, 0.29) is 11.9 Å². The number of benzene rings is 1. The number of halogens is 1. The molecule has 1 amide bonds. The Labute approximate surface area is 133 Å². The maximum atomic E-state index is 12.4. The Balaban J connectivity index is 2.14. The lowest BCUT2D eigenvalue weighted by Crippen LogP contribution is -2.43. The van der Waals surface area contributed by atoms with Crippen molar-refractivity contribution in [1.82, 2.24) is 5.32 Å². The average Bonchev–Trinajstić information content (AvgIpc) is 2.63. The molecular formula is C16H20BrNO3. The van der Waals surface area contributed by atoms with E-state index in [4.69, 9.17) is 0 Å². The number of carboxylic acids is 1. The van der Waals surface area contributed by atoms with E-state index < -0.39 is 11.9 Å². The van der Waals surface area contributed by atoms with Gasteiger partial charge in [-0.15, -0.1) is 0 Å². The number of carboxylic acid groups (broad SMARTS) is 1. The maximum Gasteiger partial charge on any atom is 0.308 e. The van der Waals surface area contributed by atoms with Crippen molar-refractivity contribution < 1.29 is 14.7 Å². The van der Waals surface area contributed by atoms with Crippen molar-refractivity contribution in [2.24, 2.45) is 5.92 Å². The zero-order valence-electron chi connectivity index (χ0n) is 12.1. The Morgan fingerprint density at radius 1 is 1.24 bits per heavy atom. The highest BCUT2D eigenvalue weighted by atomic mass is 79.9. The van der Waals surface area contributed by atoms with Crippen molar-refractivity contribution in [2.45, 2.75) is 45.1 Å². The number of hydrogen-bond acceptors (Lipinski definition) is 2. The zero-order chi connectivity index (χ0) is 15.4. The molecule has 0 heterocycles. The monoisotopic (exact) mass is 353 g/mol. The first-order valence-electron chi connectivity index (χ1n) is 7.29. The van der Waals surface area contributed by atoms with Gasteiger partial charge in [-0.2, -0.15) is 0 Å². The van der Waals surface area contributed by atoms with Crippen molar-refractivity contribution in [1.29, 1.82) is 0 Å². The molecule has 1 saturated carbocycles. The zero-order valence-corrected chi connectivity index (χ0v) is 13.6. The maximum absolute atomic E-state index is 12.4. The van der Waals surface area contributed by atoms with E-state index in [1.165, 1.54) is 0 Å². The van der Waals surface area contributed by atoms with E-state index >= 15 is 0 Å². The molecule has 0 spiro atoms. The van der Waals surface area contributed by atoms with Crippen LogP contribution in [0.4, 0.5) is 0 Å². The Morgan fingerprint density at radius 2 is 1.95 bits per heavy atom. The van der Waals surface area contributed by atoms with Crippen LogP contribution in [0.3, 0.4) is 0 Å². The third-order valence-electron chi connectivity index (χ3n) is 4.08. The summed E-state index contributed by atoms with van der Waals surface area (Å²) >= 11 is 3.37. The van der Waals surface area contributed by atoms with E-state index in [1.807, 2.05) is 19.1 Å². The molecule has 1 aromatic rings. The van der Waals surface area contributed by atoms with Gasteiger partial charge in [0.2, 0.25) is 0 Å². The van der Waals surface area contributed by atoms with Crippen LogP contribution in [0, 0.1) is 12.8 Å². The molecule has 4 nitrogen and oxygen atoms in total. The quantitative estimate of drug-likeness (QED) is 0.817. The SMILES string of the molecule is Cc1cc(Br)ccc1C(=O)NC1CCCCCC1C(=O)O. The van der Waals surface area contributed by atoms with Crippen molar-refractivity contribution in [2.75, 3.05) is 0 Å². The Morgan fingerprint density at radius 3 is 2.62 bits per heavy atom. The molecule has 0 aromatic heterocycles. The summed E-state index contributed by atoms with van der Waals surface area (Å²) in [4.78, 5) is 23.8. The number of carbonyl (C=O) groups excluding carboxylic acids is 1. The molecule has 0 bridgehead atoms. The van der Waals surface area contributed by atoms with Gasteiger partial charge in [-0.25, -0.2) is 0 Å². The van der Waals surface area contributed by atoms with E-state index in [0.29, 0.717) is 12.0 Å². The van der Waals surface area contributed by atoms with Crippen LogP contribution in [0.25, 0.3) is 0 Å². The molecule has 2 rings (SSSR count). The van der Waals surface area contributed by atoms with Crippen LogP contribution in [0.2, 0.25) is 0 Å². The highest BCUT2D eigenvalue weighted by molar-refractivity contribution is 9.10. The van der Waals surface area contributed by atoms with Crippen molar-refractivity contribution in [3.63, 3.8) is 0 Å². The molecule has 1 fully saturated rings. The third-order valence-corrected chi connectivity index (χ3v) is 4.58. The summed E-state index contributed by atoms with van der Waals surface area (Å²) in [6.07, 6.45) is 4.29. The average molecular weight is 354 g/mol. The lowest BCUT2D eigenvalue weighted by atomic mass is 9.94. The van der Waals surface area contributed by atoms with Crippen LogP contribution in [0.15, 0.2) is 22.7 Å². The molecule has 0 saturated heterocycles. The van der Waals surface area contributed by atoms with Crippen LogP contribution in [-0.4, -0.2) is 23.0 Å². The summed E-state index contributed by atoms with van der Waals surface area (Å²) in [5.41, 5.74) is 1.48. The second kappa shape index (κ2) is 7.07. The predicted octanol–water partition coefficient (Wildman–Crippen LogP) is 3.52. The summed E-state index contributed by atoms with van der Waals surface area (Å²) in [5.74, 6) is -1.47. The lowest BCUT2D eigenvalue weighted by Gasteiger charge is -2.23. The standard InChI is InChI=1S/C16H20BrNO3/c1-10-9-11(17)7-8-12(10)15(19)18-14-6-4-2-3-5-13(14)16(20)21/h7-9,13-14H,2-6H2,1H3,(H,18,19)(H,20,21). The number of aliphatic carboxylic acids is 1. The van der Waals surface area contributed by atoms with Crippen LogP contribution in [-0.2, 0) is 4.79 Å². The molecule has 21 heavy (non-hydrogen) atoms. The van der Waals surface area contributed by atoms with Crippen LogP contribution in [0.1, 0.15) is 48.0 Å². The van der Waals surface area contributed by atoms with Gasteiger partial charge in [0.15, 0.2) is 0 Å². The highest BCUT2D eigenvalue weighted by Gasteiger charge is 2.30. The Kier molecular flexibility index (Phi) is 5.39. The molecule has 2 unspecified atom stereocenters. The van der Waals surface area contributed by atoms with Gasteiger partial charge in [-0.1, -0.05) is 35.2 Å². The van der Waals surface area contributed by atoms with Gasteiger partial charge in [-0.3, -0.25) is 9.59 Å². The molecule has 114 valence electrons. The van der Waals surface area contributed by atoms with E-state index in [2.05, 4.69) is 21.2 Å². The van der Waals surface area contributed by atoms with Crippen molar-refractivity contribution in [3.05, 3.63) is 33.8 Å². The van der Waals surface area contributed by atoms with Crippen LogP contribution in [0.5, 0.6) is 0 Å². The molecule has 0 aliphatic heterocycles. The van der Waals surface area contributed by atoms with Crippen molar-refractivity contribution in [3.8, 4) is 0 Å². The molecule has 1 aromatic carbocycles. The summed E-state index contributed by atoms with van der Waals surface area (Å²) < 4.78 is 0.925. The minimum absolute atomic E-state index is 0.182. The number of hydrogen-bond donors (Lipinski definition) is 2. The normalized spacial score (nSPS) is 22.4. The second-order valence-corrected chi connectivity index (χ2v) is 6.54. The molecule has 5 heteroatoms. The molecule has 2 atom stereocenters. The summed E-state index contributed by atoms with van der Waals surface area (Å²) in [7, 11) is 0. The highest BCUT2D eigenvalue weighted by Crippen LogP contribution is 2.24. The van der Waals surface area contributed by atoms with E-state index in [0.717, 1.165) is 35.7 Å².